The minimum Gasteiger partial charge on any atom is -0.495 e. The second-order valence-electron chi connectivity index (χ2n) is 11.1. The number of thioether (sulfide) groups is 1. The van der Waals surface area contributed by atoms with Crippen LogP contribution in [0, 0.1) is 11.8 Å². The molecule has 3 unspecified atom stereocenters. The maximum absolute atomic E-state index is 13.9. The van der Waals surface area contributed by atoms with Gasteiger partial charge >= 0.3 is 0 Å². The molecule has 0 bridgehead atoms. The van der Waals surface area contributed by atoms with Crippen LogP contribution in [0.4, 0.5) is 5.69 Å². The van der Waals surface area contributed by atoms with Gasteiger partial charge in [0.15, 0.2) is 0 Å². The van der Waals surface area contributed by atoms with Gasteiger partial charge in [-0.1, -0.05) is 19.9 Å². The number of allylic oxidation sites excluding steroid dienone is 1. The number of likely N-dealkylation sites (tertiary alicyclic amines) is 1. The van der Waals surface area contributed by atoms with E-state index in [0.717, 1.165) is 44.5 Å². The number of benzene rings is 1. The first-order valence-electron chi connectivity index (χ1n) is 12.8. The number of rotatable bonds is 5. The zero-order valence-corrected chi connectivity index (χ0v) is 22.3. The van der Waals surface area contributed by atoms with E-state index in [1.54, 1.807) is 7.11 Å². The number of methoxy groups -OCH3 is 1. The first kappa shape index (κ1) is 24.3. The fraction of sp³-hybridized carbons (Fsp3) is 0.571. The quantitative estimate of drug-likeness (QED) is 0.614. The molecule has 1 aromatic carbocycles. The van der Waals surface area contributed by atoms with Gasteiger partial charge in [-0.3, -0.25) is 9.59 Å². The lowest BCUT2D eigenvalue weighted by atomic mass is 9.84. The highest BCUT2D eigenvalue weighted by molar-refractivity contribution is 8.03. The summed E-state index contributed by atoms with van der Waals surface area (Å²) in [5, 5.41) is 5.67. The second-order valence-corrected chi connectivity index (χ2v) is 12.2. The van der Waals surface area contributed by atoms with Crippen molar-refractivity contribution in [3.8, 4) is 5.75 Å². The van der Waals surface area contributed by atoms with Crippen LogP contribution in [-0.4, -0.2) is 52.6 Å². The number of nitrogens with one attached hydrogen (secondary N) is 1. The molecule has 1 aromatic rings. The first-order chi connectivity index (χ1) is 16.7. The average Bonchev–Trinajstić information content (AvgIpc) is 3.56. The Morgan fingerprint density at radius 2 is 2.03 bits per heavy atom. The minimum absolute atomic E-state index is 0.0281. The standard InChI is InChI=1S/C28H37N3O3S/c1-17(2)26(32)29-21-15-19-18(14-23(21)34-5)9-12-30-22(27(33)31-11-7-10-28(31,3)4)16-20(25(19)30)24-8-6-13-35-24/h6,13-17,20,24-25H,7-12H2,1-5H3,(H,29,32). The van der Waals surface area contributed by atoms with Crippen LogP contribution in [0.2, 0.25) is 0 Å². The molecular formula is C28H37N3O3S. The molecule has 0 spiro atoms. The SMILES string of the molecule is COc1cc2c(cc1NC(=O)C(C)C)C1C(C3CC=CS3)C=C(C(=O)N3CCCC3(C)C)N1CC2. The van der Waals surface area contributed by atoms with E-state index in [-0.39, 0.29) is 35.2 Å². The molecule has 4 aliphatic heterocycles. The third-order valence-corrected chi connectivity index (χ3v) is 9.26. The molecule has 0 radical (unpaired) electrons. The summed E-state index contributed by atoms with van der Waals surface area (Å²) in [4.78, 5) is 30.9. The number of hydrogen-bond donors (Lipinski definition) is 1. The number of fused-ring (bicyclic) bond motifs is 3. The molecule has 188 valence electrons. The molecule has 1 N–H and O–H groups in total. The van der Waals surface area contributed by atoms with Gasteiger partial charge in [0.25, 0.3) is 5.91 Å². The van der Waals surface area contributed by atoms with Crippen LogP contribution in [0.25, 0.3) is 0 Å². The highest BCUT2D eigenvalue weighted by Crippen LogP contribution is 2.51. The van der Waals surface area contributed by atoms with Gasteiger partial charge in [0.2, 0.25) is 5.91 Å². The van der Waals surface area contributed by atoms with Gasteiger partial charge in [-0.15, -0.1) is 11.8 Å². The van der Waals surface area contributed by atoms with Crippen molar-refractivity contribution in [1.29, 1.82) is 0 Å². The van der Waals surface area contributed by atoms with Crippen LogP contribution >= 0.6 is 11.8 Å². The van der Waals surface area contributed by atoms with Gasteiger partial charge in [-0.2, -0.15) is 0 Å². The second kappa shape index (κ2) is 9.23. The molecule has 4 heterocycles. The van der Waals surface area contributed by atoms with E-state index < -0.39 is 0 Å². The van der Waals surface area contributed by atoms with Crippen molar-refractivity contribution in [2.45, 2.75) is 70.2 Å². The molecule has 0 aromatic heterocycles. The fourth-order valence-electron chi connectivity index (χ4n) is 6.05. The van der Waals surface area contributed by atoms with Crippen molar-refractivity contribution in [3.63, 3.8) is 0 Å². The molecule has 0 saturated carbocycles. The Balaban J connectivity index is 1.54. The molecule has 35 heavy (non-hydrogen) atoms. The van der Waals surface area contributed by atoms with Crippen LogP contribution in [-0.2, 0) is 16.0 Å². The summed E-state index contributed by atoms with van der Waals surface area (Å²) >= 11 is 1.87. The molecule has 4 aliphatic rings. The van der Waals surface area contributed by atoms with Crippen LogP contribution in [0.1, 0.15) is 64.1 Å². The van der Waals surface area contributed by atoms with Crippen LogP contribution in [0.15, 0.2) is 35.4 Å². The summed E-state index contributed by atoms with van der Waals surface area (Å²) in [6, 6.07) is 4.27. The number of carbonyl (C=O) groups excluding carboxylic acids is 2. The highest BCUT2D eigenvalue weighted by Gasteiger charge is 2.47. The predicted molar refractivity (Wildman–Crippen MR) is 141 cm³/mol. The molecule has 3 atom stereocenters. The number of carbonyl (C=O) groups is 2. The van der Waals surface area contributed by atoms with E-state index in [9.17, 15) is 9.59 Å². The largest absolute Gasteiger partial charge is 0.495 e. The molecule has 2 amide bonds. The summed E-state index contributed by atoms with van der Waals surface area (Å²) in [7, 11) is 1.65. The Bertz CT molecular complexity index is 1090. The van der Waals surface area contributed by atoms with Gasteiger partial charge in [0.05, 0.1) is 24.5 Å². The van der Waals surface area contributed by atoms with Crippen molar-refractivity contribution in [2.24, 2.45) is 11.8 Å². The van der Waals surface area contributed by atoms with Crippen LogP contribution in [0.5, 0.6) is 5.75 Å². The third kappa shape index (κ3) is 4.26. The van der Waals surface area contributed by atoms with E-state index in [1.165, 1.54) is 11.1 Å². The number of anilines is 1. The zero-order valence-electron chi connectivity index (χ0n) is 21.5. The van der Waals surface area contributed by atoms with E-state index in [1.807, 2.05) is 25.6 Å². The maximum atomic E-state index is 13.9. The number of nitrogens with zero attached hydrogens (tertiary/aromatic N) is 2. The predicted octanol–water partition coefficient (Wildman–Crippen LogP) is 5.12. The zero-order chi connectivity index (χ0) is 24.9. The topological polar surface area (TPSA) is 61.9 Å². The Hall–Kier alpha value is -2.41. The van der Waals surface area contributed by atoms with E-state index in [2.05, 4.69) is 58.7 Å². The summed E-state index contributed by atoms with van der Waals surface area (Å²) < 4.78 is 5.66. The Morgan fingerprint density at radius 3 is 2.66 bits per heavy atom. The van der Waals surface area contributed by atoms with E-state index >= 15 is 0 Å². The average molecular weight is 496 g/mol. The number of amides is 2. The summed E-state index contributed by atoms with van der Waals surface area (Å²) in [6.07, 6.45) is 8.46. The molecule has 7 heteroatoms. The third-order valence-electron chi connectivity index (χ3n) is 8.06. The monoisotopic (exact) mass is 495 g/mol. The van der Waals surface area contributed by atoms with Crippen molar-refractivity contribution < 1.29 is 14.3 Å². The fourth-order valence-corrected chi connectivity index (χ4v) is 7.11. The minimum atomic E-state index is -0.123. The molecule has 0 aliphatic carbocycles. The van der Waals surface area contributed by atoms with Crippen LogP contribution in [0.3, 0.4) is 0 Å². The van der Waals surface area contributed by atoms with E-state index in [0.29, 0.717) is 16.7 Å². The number of hydrogen-bond acceptors (Lipinski definition) is 5. The van der Waals surface area contributed by atoms with Gasteiger partial charge in [-0.25, -0.2) is 0 Å². The Kier molecular flexibility index (Phi) is 6.41. The highest BCUT2D eigenvalue weighted by atomic mass is 32.2. The van der Waals surface area contributed by atoms with Crippen LogP contribution < -0.4 is 10.1 Å². The maximum Gasteiger partial charge on any atom is 0.270 e. The summed E-state index contributed by atoms with van der Waals surface area (Å²) in [6.45, 7) is 9.78. The molecular weight excluding hydrogens is 458 g/mol. The molecule has 1 saturated heterocycles. The van der Waals surface area contributed by atoms with Crippen molar-refractivity contribution in [2.75, 3.05) is 25.5 Å². The normalized spacial score (nSPS) is 26.6. The molecule has 6 nitrogen and oxygen atoms in total. The van der Waals surface area contributed by atoms with Gasteiger partial charge < -0.3 is 19.9 Å². The lowest BCUT2D eigenvalue weighted by Crippen LogP contribution is -2.46. The summed E-state index contributed by atoms with van der Waals surface area (Å²) in [5.74, 6) is 0.935. The Morgan fingerprint density at radius 1 is 1.23 bits per heavy atom. The lowest BCUT2D eigenvalue weighted by molar-refractivity contribution is -0.132. The summed E-state index contributed by atoms with van der Waals surface area (Å²) in [5.41, 5.74) is 3.91. The number of ether oxygens (including phenoxy) is 1. The van der Waals surface area contributed by atoms with Crippen molar-refractivity contribution in [1.82, 2.24) is 9.80 Å². The van der Waals surface area contributed by atoms with Crippen molar-refractivity contribution in [3.05, 3.63) is 46.5 Å². The molecule has 1 fully saturated rings. The lowest BCUT2D eigenvalue weighted by Gasteiger charge is -2.41. The van der Waals surface area contributed by atoms with E-state index in [4.69, 9.17) is 4.74 Å². The first-order valence-corrected chi connectivity index (χ1v) is 13.8. The van der Waals surface area contributed by atoms with Gasteiger partial charge in [0, 0.05) is 35.7 Å². The Labute approximate surface area is 213 Å². The smallest absolute Gasteiger partial charge is 0.270 e. The van der Waals surface area contributed by atoms with Gasteiger partial charge in [0.1, 0.15) is 5.75 Å². The van der Waals surface area contributed by atoms with Crippen molar-refractivity contribution >= 4 is 29.3 Å². The molecule has 5 rings (SSSR count). The van der Waals surface area contributed by atoms with Gasteiger partial charge in [-0.05, 0) is 74.3 Å².